The Hall–Kier alpha value is -5.30. The molecule has 3 unspecified atom stereocenters. The number of aliphatic carboxylic acids is 1. The predicted molar refractivity (Wildman–Crippen MR) is 179 cm³/mol. The second kappa shape index (κ2) is 12.9. The van der Waals surface area contributed by atoms with E-state index in [-0.39, 0.29) is 16.7 Å². The third-order valence-corrected chi connectivity index (χ3v) is 10.8. The highest BCUT2D eigenvalue weighted by Crippen LogP contribution is 2.73. The summed E-state index contributed by atoms with van der Waals surface area (Å²) in [6.45, 7) is 0. The van der Waals surface area contributed by atoms with Crippen LogP contribution in [0.15, 0.2) is 127 Å². The van der Waals surface area contributed by atoms with Gasteiger partial charge >= 0.3 is 12.1 Å². The lowest BCUT2D eigenvalue weighted by Gasteiger charge is -2.61. The molecule has 0 saturated heterocycles. The van der Waals surface area contributed by atoms with Crippen molar-refractivity contribution in [3.63, 3.8) is 0 Å². The standard InChI is InChI=1S/C40H34F4N2O4/c41-36(27-45)33(29-18-8-2-9-19-29)34(35(47)48)39(40(42,43)44,32-24-14-5-15-25-32)37(46(49)50,26-28-16-6-1-7-17-28)38(36,30-20-10-3-11-21-30)31-22-12-4-13-23-31/h2-5,8-15,18-25,28H,1,6-7,16-17,26H2,(H,47,48). The van der Waals surface area contributed by atoms with Crippen molar-refractivity contribution in [3.8, 4) is 6.07 Å². The Morgan fingerprint density at radius 3 is 1.64 bits per heavy atom. The van der Waals surface area contributed by atoms with Crippen molar-refractivity contribution in [2.24, 2.45) is 5.92 Å². The Bertz CT molecular complexity index is 1900. The number of halogens is 4. The second-order valence-electron chi connectivity index (χ2n) is 13.1. The summed E-state index contributed by atoms with van der Waals surface area (Å²) in [6, 6.07) is 28.4. The molecule has 3 atom stereocenters. The number of nitriles is 1. The first kappa shape index (κ1) is 34.6. The molecule has 10 heteroatoms. The smallest absolute Gasteiger partial charge is 0.409 e. The van der Waals surface area contributed by atoms with E-state index < -0.39 is 68.2 Å². The third-order valence-electron chi connectivity index (χ3n) is 10.8. The van der Waals surface area contributed by atoms with Crippen LogP contribution in [-0.4, -0.2) is 33.4 Å². The van der Waals surface area contributed by atoms with Crippen LogP contribution in [0, 0.1) is 27.4 Å². The fraction of sp³-hybridized carbons (Fsp3) is 0.300. The number of rotatable bonds is 8. The summed E-state index contributed by atoms with van der Waals surface area (Å²) in [5.41, 5.74) is -18.6. The number of carboxylic acids is 1. The Kier molecular flexibility index (Phi) is 8.89. The zero-order valence-corrected chi connectivity index (χ0v) is 26.9. The van der Waals surface area contributed by atoms with Crippen LogP contribution in [0.5, 0.6) is 0 Å². The molecular formula is C40H34F4N2O4. The van der Waals surface area contributed by atoms with E-state index in [0.29, 0.717) is 25.7 Å². The maximum absolute atomic E-state index is 19.5. The van der Waals surface area contributed by atoms with Crippen molar-refractivity contribution in [1.29, 1.82) is 5.26 Å². The molecule has 0 radical (unpaired) electrons. The summed E-state index contributed by atoms with van der Waals surface area (Å²) in [5.74, 6) is -2.95. The molecule has 1 N–H and O–H groups in total. The zero-order valence-electron chi connectivity index (χ0n) is 26.9. The number of allylic oxidation sites excluding steroid dienone is 1. The van der Waals surface area contributed by atoms with E-state index in [1.54, 1.807) is 6.07 Å². The topological polar surface area (TPSA) is 104 Å². The van der Waals surface area contributed by atoms with Crippen LogP contribution in [0.4, 0.5) is 17.6 Å². The molecule has 1 fully saturated rings. The van der Waals surface area contributed by atoms with Gasteiger partial charge in [0.2, 0.25) is 5.67 Å². The fourth-order valence-electron chi connectivity index (χ4n) is 9.17. The molecule has 50 heavy (non-hydrogen) atoms. The van der Waals surface area contributed by atoms with Crippen molar-refractivity contribution in [1.82, 2.24) is 0 Å². The Morgan fingerprint density at radius 2 is 1.24 bits per heavy atom. The molecule has 0 bridgehead atoms. The Labute approximate surface area is 286 Å². The van der Waals surface area contributed by atoms with Crippen molar-refractivity contribution >= 4 is 11.5 Å². The normalized spacial score (nSPS) is 25.4. The molecule has 2 aliphatic carbocycles. The molecule has 6 nitrogen and oxygen atoms in total. The molecule has 0 heterocycles. The average molecular weight is 683 g/mol. The first-order valence-electron chi connectivity index (χ1n) is 16.5. The maximum Gasteiger partial charge on any atom is 0.409 e. The van der Waals surface area contributed by atoms with Crippen molar-refractivity contribution in [3.05, 3.63) is 159 Å². The van der Waals surface area contributed by atoms with Crippen LogP contribution in [-0.2, 0) is 15.6 Å². The lowest BCUT2D eigenvalue weighted by molar-refractivity contribution is -0.611. The van der Waals surface area contributed by atoms with Gasteiger partial charge in [0.15, 0.2) is 5.41 Å². The largest absolute Gasteiger partial charge is 0.478 e. The highest BCUT2D eigenvalue weighted by atomic mass is 19.4. The summed E-state index contributed by atoms with van der Waals surface area (Å²) in [4.78, 5) is 27.3. The van der Waals surface area contributed by atoms with Gasteiger partial charge in [-0.05, 0) is 28.2 Å². The molecule has 6 rings (SSSR count). The zero-order chi connectivity index (χ0) is 35.8. The summed E-state index contributed by atoms with van der Waals surface area (Å²) in [7, 11) is 0. The van der Waals surface area contributed by atoms with E-state index in [1.165, 1.54) is 109 Å². The molecule has 4 aromatic rings. The molecule has 0 amide bonds. The Morgan fingerprint density at radius 1 is 0.800 bits per heavy atom. The van der Waals surface area contributed by atoms with E-state index in [2.05, 4.69) is 0 Å². The molecule has 4 aromatic carbocycles. The first-order valence-corrected chi connectivity index (χ1v) is 16.5. The van der Waals surface area contributed by atoms with E-state index >= 15 is 17.6 Å². The molecule has 0 aliphatic heterocycles. The molecule has 256 valence electrons. The van der Waals surface area contributed by atoms with Crippen LogP contribution in [0.25, 0.3) is 5.57 Å². The number of carbonyl (C=O) groups is 1. The molecule has 0 spiro atoms. The second-order valence-corrected chi connectivity index (χ2v) is 13.1. The van der Waals surface area contributed by atoms with Crippen LogP contribution >= 0.6 is 0 Å². The van der Waals surface area contributed by atoms with Gasteiger partial charge in [-0.25, -0.2) is 9.18 Å². The minimum atomic E-state index is -5.73. The fourth-order valence-corrected chi connectivity index (χ4v) is 9.17. The van der Waals surface area contributed by atoms with Gasteiger partial charge < -0.3 is 5.11 Å². The van der Waals surface area contributed by atoms with Gasteiger partial charge in [0.05, 0.1) is 5.57 Å². The van der Waals surface area contributed by atoms with Gasteiger partial charge in [-0.15, -0.1) is 0 Å². The quantitative estimate of drug-likeness (QED) is 0.113. The average Bonchev–Trinajstić information content (AvgIpc) is 3.12. The number of benzene rings is 4. The van der Waals surface area contributed by atoms with Crippen LogP contribution in [0.3, 0.4) is 0 Å². The van der Waals surface area contributed by atoms with Crippen LogP contribution in [0.1, 0.15) is 60.8 Å². The summed E-state index contributed by atoms with van der Waals surface area (Å²) >= 11 is 0. The highest BCUT2D eigenvalue weighted by Gasteiger charge is 2.91. The van der Waals surface area contributed by atoms with Crippen molar-refractivity contribution in [2.45, 2.75) is 66.7 Å². The van der Waals surface area contributed by atoms with Gasteiger partial charge in [0.25, 0.3) is 5.54 Å². The third kappa shape index (κ3) is 4.63. The minimum absolute atomic E-state index is 0.259. The SMILES string of the molecule is N#CC1(F)C(c2ccccc2)=C(C(=O)O)C(c2ccccc2)(C(F)(F)F)C(CC2CCCCC2)([N+](=O)[O-])C1(c1ccccc1)c1ccccc1. The van der Waals surface area contributed by atoms with Gasteiger partial charge in [0, 0.05) is 16.9 Å². The monoisotopic (exact) mass is 682 g/mol. The minimum Gasteiger partial charge on any atom is -0.478 e. The number of hydrogen-bond donors (Lipinski definition) is 1. The number of carboxylic acid groups (broad SMARTS) is 1. The Balaban J connectivity index is 2.06. The number of nitro groups is 1. The lowest BCUT2D eigenvalue weighted by Crippen LogP contribution is -2.81. The van der Waals surface area contributed by atoms with Gasteiger partial charge in [-0.2, -0.15) is 18.4 Å². The highest BCUT2D eigenvalue weighted by molar-refractivity contribution is 6.05. The summed E-state index contributed by atoms with van der Waals surface area (Å²) in [6.07, 6.45) is -4.08. The predicted octanol–water partition coefficient (Wildman–Crippen LogP) is 9.24. The van der Waals surface area contributed by atoms with E-state index in [1.807, 2.05) is 0 Å². The van der Waals surface area contributed by atoms with E-state index in [0.717, 1.165) is 18.6 Å². The number of hydrogen-bond acceptors (Lipinski definition) is 4. The molecule has 2 aliphatic rings. The molecular weight excluding hydrogens is 648 g/mol. The number of nitrogens with zero attached hydrogens (tertiary/aromatic N) is 2. The van der Waals surface area contributed by atoms with Crippen molar-refractivity contribution in [2.75, 3.05) is 0 Å². The maximum atomic E-state index is 19.5. The van der Waals surface area contributed by atoms with Crippen LogP contribution in [0.2, 0.25) is 0 Å². The lowest BCUT2D eigenvalue weighted by atomic mass is 9.37. The van der Waals surface area contributed by atoms with E-state index in [4.69, 9.17) is 0 Å². The summed E-state index contributed by atoms with van der Waals surface area (Å²) in [5, 5.41) is 37.0. The van der Waals surface area contributed by atoms with Gasteiger partial charge in [-0.3, -0.25) is 10.1 Å². The van der Waals surface area contributed by atoms with Crippen molar-refractivity contribution < 1.29 is 32.4 Å². The number of alkyl halides is 4. The first-order chi connectivity index (χ1) is 23.9. The van der Waals surface area contributed by atoms with Gasteiger partial charge in [0.1, 0.15) is 11.5 Å². The van der Waals surface area contributed by atoms with E-state index in [9.17, 15) is 25.3 Å². The molecule has 0 aromatic heterocycles. The van der Waals surface area contributed by atoms with Crippen LogP contribution < -0.4 is 0 Å². The van der Waals surface area contributed by atoms with Gasteiger partial charge in [-0.1, -0.05) is 153 Å². The molecule has 1 saturated carbocycles. The summed E-state index contributed by atoms with van der Waals surface area (Å²) < 4.78 is 70.8.